The second-order valence-electron chi connectivity index (χ2n) is 14.0. The van der Waals surface area contributed by atoms with Crippen LogP contribution in [0.3, 0.4) is 0 Å². The van der Waals surface area contributed by atoms with Crippen LogP contribution in [0.25, 0.3) is 0 Å². The SMILES string of the molecule is COc1cc([C@H]2C3=CC[C@@H]4C(=O)N(c5cc(C(F)(F)F)cc(C(F)(F)F)c5)C(=O)[C@@H]4[C@@H]3C[C@H]3C(=O)N(c4cc(C(F)(F)F)cc(C(F)(F)F)c4)C(=O)[C@@H]23)ccc1O. The molecule has 1 N–H and O–H groups in total. The Morgan fingerprint density at radius 2 is 1.02 bits per heavy atom. The van der Waals surface area contributed by atoms with E-state index in [0.29, 0.717) is 0 Å². The van der Waals surface area contributed by atoms with E-state index in [1.807, 2.05) is 0 Å². The molecule has 57 heavy (non-hydrogen) atoms. The third-order valence-electron chi connectivity index (χ3n) is 10.9. The Labute approximate surface area is 312 Å². The van der Waals surface area contributed by atoms with Crippen LogP contribution in [0.4, 0.5) is 64.1 Å². The Balaban J connectivity index is 1.36. The van der Waals surface area contributed by atoms with E-state index in [4.69, 9.17) is 4.74 Å². The zero-order valence-electron chi connectivity index (χ0n) is 28.6. The fourth-order valence-corrected chi connectivity index (χ4v) is 8.50. The molecule has 4 amide bonds. The molecule has 2 saturated heterocycles. The van der Waals surface area contributed by atoms with Gasteiger partial charge in [0, 0.05) is 5.92 Å². The highest BCUT2D eigenvalue weighted by molar-refractivity contribution is 6.24. The number of nitrogens with zero attached hydrogens (tertiary/aromatic N) is 2. The number of allylic oxidation sites excluding steroid dienone is 2. The number of phenols is 1. The molecule has 0 radical (unpaired) electrons. The summed E-state index contributed by atoms with van der Waals surface area (Å²) in [5.74, 6) is -14.2. The molecule has 3 fully saturated rings. The number of benzene rings is 3. The van der Waals surface area contributed by atoms with Gasteiger partial charge in [-0.15, -0.1) is 0 Å². The second kappa shape index (κ2) is 13.0. The summed E-state index contributed by atoms with van der Waals surface area (Å²) in [7, 11) is 1.16. The average molecular weight is 821 g/mol. The predicted octanol–water partition coefficient (Wildman–Crippen LogP) is 8.52. The Kier molecular flexibility index (Phi) is 9.04. The van der Waals surface area contributed by atoms with Crippen LogP contribution in [0.5, 0.6) is 11.5 Å². The Morgan fingerprint density at radius 1 is 0.579 bits per heavy atom. The van der Waals surface area contributed by atoms with Gasteiger partial charge in [-0.2, -0.15) is 52.7 Å². The van der Waals surface area contributed by atoms with Crippen LogP contribution in [0.1, 0.15) is 46.6 Å². The first-order valence-electron chi connectivity index (χ1n) is 16.7. The highest BCUT2D eigenvalue weighted by Gasteiger charge is 2.63. The number of aromatic hydroxyl groups is 1. The molecule has 0 aromatic heterocycles. The zero-order valence-corrected chi connectivity index (χ0v) is 28.6. The first-order valence-corrected chi connectivity index (χ1v) is 16.7. The van der Waals surface area contributed by atoms with Crippen molar-refractivity contribution in [2.45, 2.75) is 43.5 Å². The normalized spacial score (nSPS) is 25.4. The van der Waals surface area contributed by atoms with Gasteiger partial charge in [-0.3, -0.25) is 19.2 Å². The van der Waals surface area contributed by atoms with Gasteiger partial charge in [0.2, 0.25) is 23.6 Å². The molecule has 302 valence electrons. The molecule has 0 spiro atoms. The van der Waals surface area contributed by atoms with Crippen LogP contribution in [0, 0.1) is 29.6 Å². The second-order valence-corrected chi connectivity index (χ2v) is 14.0. The van der Waals surface area contributed by atoms with E-state index in [0.717, 1.165) is 13.2 Å². The van der Waals surface area contributed by atoms with E-state index in [2.05, 4.69) is 0 Å². The molecule has 8 nitrogen and oxygen atoms in total. The smallest absolute Gasteiger partial charge is 0.416 e. The Bertz CT molecular complexity index is 2200. The third kappa shape index (κ3) is 6.55. The van der Waals surface area contributed by atoms with Gasteiger partial charge in [0.25, 0.3) is 0 Å². The number of anilines is 2. The number of rotatable bonds is 4. The van der Waals surface area contributed by atoms with Gasteiger partial charge in [-0.05, 0) is 72.9 Å². The summed E-state index contributed by atoms with van der Waals surface area (Å²) in [6.07, 6.45) is -20.9. The lowest BCUT2D eigenvalue weighted by Gasteiger charge is -2.44. The molecule has 0 unspecified atom stereocenters. The summed E-state index contributed by atoms with van der Waals surface area (Å²) in [4.78, 5) is 56.8. The van der Waals surface area contributed by atoms with Crippen molar-refractivity contribution in [3.8, 4) is 11.5 Å². The van der Waals surface area contributed by atoms with E-state index in [1.54, 1.807) is 0 Å². The minimum atomic E-state index is -5.36. The van der Waals surface area contributed by atoms with E-state index >= 15 is 0 Å². The summed E-state index contributed by atoms with van der Waals surface area (Å²) in [5.41, 5.74) is -9.12. The topological polar surface area (TPSA) is 104 Å². The summed E-state index contributed by atoms with van der Waals surface area (Å²) < 4.78 is 171. The zero-order chi connectivity index (χ0) is 41.9. The number of halogens is 12. The minimum Gasteiger partial charge on any atom is -0.504 e. The van der Waals surface area contributed by atoms with E-state index in [1.165, 1.54) is 18.2 Å². The number of imide groups is 2. The van der Waals surface area contributed by atoms with Crippen molar-refractivity contribution >= 4 is 35.0 Å². The third-order valence-corrected chi connectivity index (χ3v) is 10.9. The average Bonchev–Trinajstić information content (AvgIpc) is 3.52. The maximum Gasteiger partial charge on any atom is 0.416 e. The first-order chi connectivity index (χ1) is 26.3. The van der Waals surface area contributed by atoms with Crippen molar-refractivity contribution in [2.75, 3.05) is 16.9 Å². The van der Waals surface area contributed by atoms with E-state index < -0.39 is 130 Å². The molecule has 2 aliphatic carbocycles. The van der Waals surface area contributed by atoms with Crippen LogP contribution in [0.15, 0.2) is 66.2 Å². The number of methoxy groups -OCH3 is 1. The number of carbonyl (C=O) groups is 4. The van der Waals surface area contributed by atoms with E-state index in [-0.39, 0.29) is 69.5 Å². The van der Waals surface area contributed by atoms with Crippen molar-refractivity contribution in [1.82, 2.24) is 0 Å². The number of ether oxygens (including phenoxy) is 1. The van der Waals surface area contributed by atoms with Crippen LogP contribution >= 0.6 is 0 Å². The fourth-order valence-electron chi connectivity index (χ4n) is 8.50. The van der Waals surface area contributed by atoms with Crippen LogP contribution < -0.4 is 14.5 Å². The molecule has 3 aromatic carbocycles. The molecular weight excluding hydrogens is 796 g/mol. The number of fused-ring (bicyclic) bond motifs is 4. The lowest BCUT2D eigenvalue weighted by Crippen LogP contribution is -2.43. The lowest BCUT2D eigenvalue weighted by atomic mass is 9.57. The number of hydrogen-bond acceptors (Lipinski definition) is 6. The highest BCUT2D eigenvalue weighted by Crippen LogP contribution is 2.59. The summed E-state index contributed by atoms with van der Waals surface area (Å²) in [6.45, 7) is 0. The predicted molar refractivity (Wildman–Crippen MR) is 170 cm³/mol. The van der Waals surface area contributed by atoms with Crippen molar-refractivity contribution < 1.29 is 81.7 Å². The maximum atomic E-state index is 14.3. The van der Waals surface area contributed by atoms with Crippen LogP contribution in [0.2, 0.25) is 0 Å². The van der Waals surface area contributed by atoms with E-state index in [9.17, 15) is 77.0 Å². The Hall–Kier alpha value is -5.56. The standard InChI is InChI=1S/C37H24F12N2O6/c1-57-26-6-14(2-5-25(26)52)27-21-3-4-22-28(32(55)50(30(22)53)19-9-15(34(38,39)40)7-16(10-19)35(41,42)43)23(21)13-24-29(27)33(56)51(31(24)54)20-11-17(36(44,45)46)8-18(12-20)37(47,48)49/h2-3,5-12,22-24,27-29,52H,4,13H2,1H3/t22-,23+,24+,27-,28-,29+/m0/s1. The molecule has 4 aliphatic rings. The summed E-state index contributed by atoms with van der Waals surface area (Å²) in [5, 5.41) is 10.3. The molecule has 2 heterocycles. The first kappa shape index (κ1) is 39.7. The number of carbonyl (C=O) groups excluding carboxylic acids is 4. The van der Waals surface area contributed by atoms with Crippen molar-refractivity contribution in [3.05, 3.63) is 94.1 Å². The van der Waals surface area contributed by atoms with Gasteiger partial charge in [0.15, 0.2) is 11.5 Å². The molecule has 0 bridgehead atoms. The minimum absolute atomic E-state index is 0.110. The summed E-state index contributed by atoms with van der Waals surface area (Å²) >= 11 is 0. The maximum absolute atomic E-state index is 14.3. The summed E-state index contributed by atoms with van der Waals surface area (Å²) in [6, 6.07) is 3.98. The molecule has 2 aliphatic heterocycles. The van der Waals surface area contributed by atoms with Crippen LogP contribution in [-0.2, 0) is 43.9 Å². The molecular formula is C37H24F12N2O6. The van der Waals surface area contributed by atoms with Gasteiger partial charge in [0.1, 0.15) is 0 Å². The lowest BCUT2D eigenvalue weighted by molar-refractivity contribution is -0.144. The number of hydrogen-bond donors (Lipinski definition) is 1. The number of phenolic OH excluding ortho intramolecular Hbond substituents is 1. The van der Waals surface area contributed by atoms with Gasteiger partial charge in [0.05, 0.1) is 64.4 Å². The largest absolute Gasteiger partial charge is 0.504 e. The molecule has 3 aromatic rings. The van der Waals surface area contributed by atoms with Gasteiger partial charge in [-0.1, -0.05) is 17.7 Å². The van der Waals surface area contributed by atoms with Gasteiger partial charge < -0.3 is 9.84 Å². The van der Waals surface area contributed by atoms with Crippen molar-refractivity contribution in [3.63, 3.8) is 0 Å². The quantitative estimate of drug-likeness (QED) is 0.161. The van der Waals surface area contributed by atoms with Gasteiger partial charge >= 0.3 is 24.7 Å². The molecule has 7 rings (SSSR count). The van der Waals surface area contributed by atoms with Crippen molar-refractivity contribution in [2.24, 2.45) is 29.6 Å². The van der Waals surface area contributed by atoms with Crippen molar-refractivity contribution in [1.29, 1.82) is 0 Å². The van der Waals surface area contributed by atoms with Gasteiger partial charge in [-0.25, -0.2) is 9.80 Å². The molecule has 20 heteroatoms. The monoisotopic (exact) mass is 820 g/mol. The molecule has 6 atom stereocenters. The molecule has 1 saturated carbocycles. The fraction of sp³-hybridized carbons (Fsp3) is 0.351. The van der Waals surface area contributed by atoms with Crippen LogP contribution in [-0.4, -0.2) is 35.8 Å². The number of alkyl halides is 12. The Morgan fingerprint density at radius 3 is 1.46 bits per heavy atom. The number of amides is 4. The highest BCUT2D eigenvalue weighted by atomic mass is 19.4.